The predicted octanol–water partition coefficient (Wildman–Crippen LogP) is 3.03. The molecule has 0 saturated heterocycles. The first kappa shape index (κ1) is 13.4. The van der Waals surface area contributed by atoms with E-state index in [1.165, 1.54) is 18.4 Å². The van der Waals surface area contributed by atoms with Crippen molar-refractivity contribution in [3.05, 3.63) is 29.8 Å². The Balaban J connectivity index is 1.65. The van der Waals surface area contributed by atoms with E-state index in [-0.39, 0.29) is 0 Å². The maximum atomic E-state index is 5.72. The Kier molecular flexibility index (Phi) is 4.61. The van der Waals surface area contributed by atoms with Gasteiger partial charge in [0, 0.05) is 13.7 Å². The summed E-state index contributed by atoms with van der Waals surface area (Å²) in [5.74, 6) is 0.885. The molecule has 18 heavy (non-hydrogen) atoms. The second-order valence-electron chi connectivity index (χ2n) is 5.08. The van der Waals surface area contributed by atoms with Crippen LogP contribution in [-0.4, -0.2) is 27.4 Å². The molecule has 2 rings (SSSR count). The molecule has 1 aliphatic carbocycles. The predicted molar refractivity (Wildman–Crippen MR) is 70.8 cm³/mol. The first-order valence-electron chi connectivity index (χ1n) is 6.48. The van der Waals surface area contributed by atoms with Gasteiger partial charge < -0.3 is 14.2 Å². The summed E-state index contributed by atoms with van der Waals surface area (Å²) in [6.07, 6.45) is 3.68. The molecule has 0 heterocycles. The van der Waals surface area contributed by atoms with Crippen LogP contribution in [0.1, 0.15) is 24.8 Å². The lowest BCUT2D eigenvalue weighted by atomic mass is 10.1. The highest BCUT2D eigenvalue weighted by Crippen LogP contribution is 2.48. The van der Waals surface area contributed by atoms with Crippen LogP contribution in [0.25, 0.3) is 0 Å². The molecular weight excluding hydrogens is 228 g/mol. The standard InChI is InChI=1S/C15H22O3/c1-16-12-15(7-8-15)9-10-18-11-13-3-5-14(17-2)6-4-13/h3-6H,7-12H2,1-2H3. The number of rotatable bonds is 8. The van der Waals surface area contributed by atoms with Gasteiger partial charge in [-0.1, -0.05) is 12.1 Å². The van der Waals surface area contributed by atoms with Crippen molar-refractivity contribution >= 4 is 0 Å². The van der Waals surface area contributed by atoms with E-state index in [0.717, 1.165) is 25.4 Å². The van der Waals surface area contributed by atoms with Crippen LogP contribution in [0.4, 0.5) is 0 Å². The van der Waals surface area contributed by atoms with Gasteiger partial charge >= 0.3 is 0 Å². The molecule has 1 aromatic rings. The van der Waals surface area contributed by atoms with E-state index in [0.29, 0.717) is 12.0 Å². The number of hydrogen-bond donors (Lipinski definition) is 0. The highest BCUT2D eigenvalue weighted by atomic mass is 16.5. The van der Waals surface area contributed by atoms with Crippen LogP contribution in [0.3, 0.4) is 0 Å². The largest absolute Gasteiger partial charge is 0.497 e. The summed E-state index contributed by atoms with van der Waals surface area (Å²) in [5.41, 5.74) is 1.61. The van der Waals surface area contributed by atoms with Crippen molar-refractivity contribution in [2.45, 2.75) is 25.9 Å². The zero-order chi connectivity index (χ0) is 12.8. The molecular formula is C15H22O3. The van der Waals surface area contributed by atoms with Gasteiger partial charge in [0.2, 0.25) is 0 Å². The number of benzene rings is 1. The van der Waals surface area contributed by atoms with E-state index >= 15 is 0 Å². The fourth-order valence-corrected chi connectivity index (χ4v) is 2.15. The summed E-state index contributed by atoms with van der Waals surface area (Å²) in [7, 11) is 3.45. The Morgan fingerprint density at radius 1 is 1.11 bits per heavy atom. The minimum Gasteiger partial charge on any atom is -0.497 e. The average Bonchev–Trinajstić information content (AvgIpc) is 3.16. The molecule has 1 aliphatic rings. The van der Waals surface area contributed by atoms with Crippen molar-refractivity contribution in [3.63, 3.8) is 0 Å². The maximum absolute atomic E-state index is 5.72. The van der Waals surface area contributed by atoms with Crippen LogP contribution in [0.2, 0.25) is 0 Å². The monoisotopic (exact) mass is 250 g/mol. The van der Waals surface area contributed by atoms with Crippen LogP contribution in [0.15, 0.2) is 24.3 Å². The summed E-state index contributed by atoms with van der Waals surface area (Å²) >= 11 is 0. The lowest BCUT2D eigenvalue weighted by Gasteiger charge is -2.13. The molecule has 0 spiro atoms. The molecule has 0 atom stereocenters. The molecule has 0 radical (unpaired) electrons. The van der Waals surface area contributed by atoms with Crippen LogP contribution >= 0.6 is 0 Å². The van der Waals surface area contributed by atoms with Gasteiger partial charge in [-0.15, -0.1) is 0 Å². The Morgan fingerprint density at radius 2 is 1.83 bits per heavy atom. The highest BCUT2D eigenvalue weighted by molar-refractivity contribution is 5.26. The third-order valence-electron chi connectivity index (χ3n) is 3.61. The summed E-state index contributed by atoms with van der Waals surface area (Å²) in [4.78, 5) is 0. The smallest absolute Gasteiger partial charge is 0.118 e. The van der Waals surface area contributed by atoms with Gasteiger partial charge in [0.25, 0.3) is 0 Å². The second-order valence-corrected chi connectivity index (χ2v) is 5.08. The zero-order valence-corrected chi connectivity index (χ0v) is 11.3. The van der Waals surface area contributed by atoms with Crippen LogP contribution < -0.4 is 4.74 Å². The molecule has 1 saturated carbocycles. The molecule has 1 aromatic carbocycles. The quantitative estimate of drug-likeness (QED) is 0.664. The first-order valence-corrected chi connectivity index (χ1v) is 6.48. The van der Waals surface area contributed by atoms with E-state index < -0.39 is 0 Å². The Hall–Kier alpha value is -1.06. The van der Waals surface area contributed by atoms with E-state index in [9.17, 15) is 0 Å². The Labute approximate surface area is 109 Å². The van der Waals surface area contributed by atoms with Gasteiger partial charge in [0.1, 0.15) is 5.75 Å². The van der Waals surface area contributed by atoms with Gasteiger partial charge in [-0.05, 0) is 42.4 Å². The fourth-order valence-electron chi connectivity index (χ4n) is 2.15. The van der Waals surface area contributed by atoms with Crippen molar-refractivity contribution in [1.29, 1.82) is 0 Å². The van der Waals surface area contributed by atoms with Crippen molar-refractivity contribution in [1.82, 2.24) is 0 Å². The minimum absolute atomic E-state index is 0.425. The molecule has 0 aliphatic heterocycles. The van der Waals surface area contributed by atoms with Crippen molar-refractivity contribution in [2.24, 2.45) is 5.41 Å². The van der Waals surface area contributed by atoms with E-state index in [4.69, 9.17) is 14.2 Å². The fraction of sp³-hybridized carbons (Fsp3) is 0.600. The Morgan fingerprint density at radius 3 is 2.39 bits per heavy atom. The molecule has 0 unspecified atom stereocenters. The SMILES string of the molecule is COCC1(CCOCc2ccc(OC)cc2)CC1. The maximum Gasteiger partial charge on any atom is 0.118 e. The van der Waals surface area contributed by atoms with Crippen LogP contribution in [0, 0.1) is 5.41 Å². The average molecular weight is 250 g/mol. The molecule has 0 aromatic heterocycles. The van der Waals surface area contributed by atoms with Crippen LogP contribution in [0.5, 0.6) is 5.75 Å². The summed E-state index contributed by atoms with van der Waals surface area (Å²) in [6, 6.07) is 8.01. The molecule has 0 bridgehead atoms. The van der Waals surface area contributed by atoms with Crippen molar-refractivity contribution in [2.75, 3.05) is 27.4 Å². The van der Waals surface area contributed by atoms with Gasteiger partial charge in [-0.2, -0.15) is 0 Å². The minimum atomic E-state index is 0.425. The first-order chi connectivity index (χ1) is 8.78. The van der Waals surface area contributed by atoms with Crippen molar-refractivity contribution in [3.8, 4) is 5.75 Å². The molecule has 0 N–H and O–H groups in total. The van der Waals surface area contributed by atoms with Gasteiger partial charge in [0.05, 0.1) is 20.3 Å². The summed E-state index contributed by atoms with van der Waals surface area (Å²) in [6.45, 7) is 2.36. The lowest BCUT2D eigenvalue weighted by Crippen LogP contribution is -2.12. The third kappa shape index (κ3) is 3.72. The summed E-state index contributed by atoms with van der Waals surface area (Å²) in [5, 5.41) is 0. The molecule has 3 nitrogen and oxygen atoms in total. The van der Waals surface area contributed by atoms with Gasteiger partial charge in [-0.3, -0.25) is 0 Å². The summed E-state index contributed by atoms with van der Waals surface area (Å²) < 4.78 is 16.1. The van der Waals surface area contributed by atoms with Gasteiger partial charge in [0.15, 0.2) is 0 Å². The number of hydrogen-bond acceptors (Lipinski definition) is 3. The normalized spacial score (nSPS) is 16.6. The Bertz CT molecular complexity index is 355. The molecule has 0 amide bonds. The molecule has 1 fully saturated rings. The topological polar surface area (TPSA) is 27.7 Å². The lowest BCUT2D eigenvalue weighted by molar-refractivity contribution is 0.0764. The highest BCUT2D eigenvalue weighted by Gasteiger charge is 2.41. The van der Waals surface area contributed by atoms with Crippen molar-refractivity contribution < 1.29 is 14.2 Å². The van der Waals surface area contributed by atoms with E-state index in [2.05, 4.69) is 0 Å². The number of methoxy groups -OCH3 is 2. The van der Waals surface area contributed by atoms with Gasteiger partial charge in [-0.25, -0.2) is 0 Å². The van der Waals surface area contributed by atoms with Crippen LogP contribution in [-0.2, 0) is 16.1 Å². The number of ether oxygens (including phenoxy) is 3. The zero-order valence-electron chi connectivity index (χ0n) is 11.3. The second kappa shape index (κ2) is 6.21. The van der Waals surface area contributed by atoms with E-state index in [1.807, 2.05) is 24.3 Å². The third-order valence-corrected chi connectivity index (χ3v) is 3.61. The molecule has 100 valence electrons. The van der Waals surface area contributed by atoms with E-state index in [1.54, 1.807) is 14.2 Å². The molecule has 3 heteroatoms.